The Kier molecular flexibility index (Phi) is 5.16. The highest BCUT2D eigenvalue weighted by molar-refractivity contribution is 5.77. The molecular weight excluding hydrogens is 387 g/mol. The zero-order chi connectivity index (χ0) is 20.7. The van der Waals surface area contributed by atoms with Gasteiger partial charge in [-0.3, -0.25) is 4.57 Å². The summed E-state index contributed by atoms with van der Waals surface area (Å²) in [5.41, 5.74) is 0.821. The molecule has 1 aromatic carbocycles. The molecule has 9 heteroatoms. The second-order valence-corrected chi connectivity index (χ2v) is 8.30. The summed E-state index contributed by atoms with van der Waals surface area (Å²) >= 11 is 0. The number of aryl methyl sites for hydroxylation is 1. The number of nitrogens with one attached hydrogen (secondary N) is 1. The molecule has 0 spiro atoms. The Balaban J connectivity index is 1.36. The molecule has 30 heavy (non-hydrogen) atoms. The number of halogens is 1. The lowest BCUT2D eigenvalue weighted by Crippen LogP contribution is -2.41. The maximum atomic E-state index is 13.9. The van der Waals surface area contributed by atoms with Crippen LogP contribution in [0.2, 0.25) is 0 Å². The van der Waals surface area contributed by atoms with Crippen molar-refractivity contribution >= 4 is 11.0 Å². The fraction of sp³-hybridized carbons (Fsp3) is 0.571. The minimum absolute atomic E-state index is 0.176. The number of fused-ring (bicyclic) bond motifs is 1. The van der Waals surface area contributed by atoms with E-state index >= 15 is 0 Å². The highest BCUT2D eigenvalue weighted by Crippen LogP contribution is 2.28. The van der Waals surface area contributed by atoms with E-state index in [0.29, 0.717) is 29.5 Å². The van der Waals surface area contributed by atoms with Crippen molar-refractivity contribution in [1.82, 2.24) is 29.5 Å². The van der Waals surface area contributed by atoms with E-state index in [1.165, 1.54) is 29.5 Å². The van der Waals surface area contributed by atoms with Crippen LogP contribution >= 0.6 is 0 Å². The fourth-order valence-corrected chi connectivity index (χ4v) is 4.80. The van der Waals surface area contributed by atoms with Crippen LogP contribution in [0.1, 0.15) is 44.4 Å². The Labute approximate surface area is 173 Å². The van der Waals surface area contributed by atoms with Crippen molar-refractivity contribution < 1.29 is 8.91 Å². The molecule has 2 aliphatic heterocycles. The summed E-state index contributed by atoms with van der Waals surface area (Å²) in [5, 5.41) is 7.62. The molecule has 0 unspecified atom stereocenters. The third-order valence-corrected chi connectivity index (χ3v) is 6.42. The Hall–Kier alpha value is -2.52. The van der Waals surface area contributed by atoms with Gasteiger partial charge in [0.1, 0.15) is 5.82 Å². The van der Waals surface area contributed by atoms with Gasteiger partial charge in [-0.1, -0.05) is 0 Å². The van der Waals surface area contributed by atoms with Gasteiger partial charge < -0.3 is 14.7 Å². The average Bonchev–Trinajstić information content (AvgIpc) is 3.48. The van der Waals surface area contributed by atoms with Crippen molar-refractivity contribution in [2.24, 2.45) is 0 Å². The van der Waals surface area contributed by atoms with E-state index in [1.807, 2.05) is 6.92 Å². The van der Waals surface area contributed by atoms with E-state index in [-0.39, 0.29) is 17.6 Å². The second kappa shape index (κ2) is 7.96. The first-order valence-electron chi connectivity index (χ1n) is 10.8. The molecule has 2 aromatic heterocycles. The van der Waals surface area contributed by atoms with Crippen molar-refractivity contribution in [3.05, 3.63) is 40.4 Å². The van der Waals surface area contributed by atoms with Crippen LogP contribution in [0.25, 0.3) is 17.0 Å². The number of likely N-dealkylation sites (tertiary alicyclic amines) is 1. The zero-order valence-corrected chi connectivity index (χ0v) is 17.2. The number of piperidine rings is 1. The maximum Gasteiger partial charge on any atom is 0.336 e. The Bertz CT molecular complexity index is 1090. The van der Waals surface area contributed by atoms with Crippen LogP contribution in [0, 0.1) is 5.82 Å². The van der Waals surface area contributed by atoms with Crippen molar-refractivity contribution in [3.63, 3.8) is 0 Å². The molecule has 3 aromatic rings. The van der Waals surface area contributed by atoms with Gasteiger partial charge in [0.15, 0.2) is 0 Å². The van der Waals surface area contributed by atoms with Crippen LogP contribution in [0.4, 0.5) is 4.39 Å². The first-order valence-corrected chi connectivity index (χ1v) is 10.8. The summed E-state index contributed by atoms with van der Waals surface area (Å²) in [6.45, 7) is 6.59. The summed E-state index contributed by atoms with van der Waals surface area (Å²) in [5.74, 6) is 0.517. The standard InChI is InChI=1S/C21H27FN6O2/c1-2-27-17-6-5-15(22)12-18(17)28(21(27)29)20-24-19(30-25-20)14-7-10-26(11-8-14)13-16-4-3-9-23-16/h5-6,12,14,16,23H,2-4,7-11,13H2,1H3/t16-/m1/s1. The number of hydrogen-bond donors (Lipinski definition) is 1. The predicted molar refractivity (Wildman–Crippen MR) is 110 cm³/mol. The van der Waals surface area contributed by atoms with Crippen LogP contribution in [0.15, 0.2) is 27.5 Å². The molecule has 0 aliphatic carbocycles. The number of hydrogen-bond acceptors (Lipinski definition) is 6. The lowest BCUT2D eigenvalue weighted by Gasteiger charge is -2.32. The van der Waals surface area contributed by atoms with Crippen LogP contribution in [0.5, 0.6) is 0 Å². The third kappa shape index (κ3) is 3.45. The smallest absolute Gasteiger partial charge is 0.336 e. The summed E-state index contributed by atoms with van der Waals surface area (Å²) in [6, 6.07) is 4.92. The molecule has 160 valence electrons. The number of nitrogens with zero attached hydrogens (tertiary/aromatic N) is 5. The predicted octanol–water partition coefficient (Wildman–Crippen LogP) is 2.27. The summed E-state index contributed by atoms with van der Waals surface area (Å²) < 4.78 is 22.3. The highest BCUT2D eigenvalue weighted by Gasteiger charge is 2.28. The van der Waals surface area contributed by atoms with Crippen molar-refractivity contribution in [2.45, 2.75) is 51.1 Å². The van der Waals surface area contributed by atoms with Crippen molar-refractivity contribution in [3.8, 4) is 5.95 Å². The van der Waals surface area contributed by atoms with E-state index < -0.39 is 5.82 Å². The Morgan fingerprint density at radius 1 is 1.23 bits per heavy atom. The summed E-state index contributed by atoms with van der Waals surface area (Å²) in [6.07, 6.45) is 4.43. The van der Waals surface area contributed by atoms with Gasteiger partial charge in [0.25, 0.3) is 5.95 Å². The normalized spacial score (nSPS) is 21.1. The maximum absolute atomic E-state index is 13.9. The molecule has 2 fully saturated rings. The molecule has 5 rings (SSSR count). The molecule has 0 saturated carbocycles. The quantitative estimate of drug-likeness (QED) is 0.690. The fourth-order valence-electron chi connectivity index (χ4n) is 4.80. The third-order valence-electron chi connectivity index (χ3n) is 6.42. The lowest BCUT2D eigenvalue weighted by atomic mass is 9.96. The highest BCUT2D eigenvalue weighted by atomic mass is 19.1. The number of rotatable bonds is 5. The second-order valence-electron chi connectivity index (χ2n) is 8.30. The van der Waals surface area contributed by atoms with Gasteiger partial charge in [-0.05, 0) is 69.5 Å². The first kappa shape index (κ1) is 19.4. The van der Waals surface area contributed by atoms with Gasteiger partial charge in [-0.2, -0.15) is 4.98 Å². The minimum Gasteiger partial charge on any atom is -0.337 e. The van der Waals surface area contributed by atoms with E-state index in [4.69, 9.17) is 4.52 Å². The van der Waals surface area contributed by atoms with Gasteiger partial charge in [0, 0.05) is 31.1 Å². The van der Waals surface area contributed by atoms with Crippen molar-refractivity contribution in [2.75, 3.05) is 26.2 Å². The topological polar surface area (TPSA) is 81.1 Å². The number of benzene rings is 1. The molecule has 1 atom stereocenters. The van der Waals surface area contributed by atoms with Gasteiger partial charge in [0.05, 0.1) is 11.0 Å². The Morgan fingerprint density at radius 2 is 2.07 bits per heavy atom. The lowest BCUT2D eigenvalue weighted by molar-refractivity contribution is 0.181. The van der Waals surface area contributed by atoms with E-state index in [0.717, 1.165) is 39.0 Å². The molecule has 2 aliphatic rings. The van der Waals surface area contributed by atoms with E-state index in [1.54, 1.807) is 10.6 Å². The minimum atomic E-state index is -0.405. The van der Waals surface area contributed by atoms with Crippen molar-refractivity contribution in [1.29, 1.82) is 0 Å². The number of imidazole rings is 1. The number of aromatic nitrogens is 4. The molecule has 0 amide bonds. The molecule has 0 bridgehead atoms. The molecule has 8 nitrogen and oxygen atoms in total. The van der Waals surface area contributed by atoms with Gasteiger partial charge >= 0.3 is 5.69 Å². The zero-order valence-electron chi connectivity index (χ0n) is 17.2. The van der Waals surface area contributed by atoms with Crippen LogP contribution in [-0.4, -0.2) is 56.4 Å². The van der Waals surface area contributed by atoms with E-state index in [9.17, 15) is 9.18 Å². The summed E-state index contributed by atoms with van der Waals surface area (Å²) in [4.78, 5) is 19.9. The molecule has 4 heterocycles. The monoisotopic (exact) mass is 414 g/mol. The summed E-state index contributed by atoms with van der Waals surface area (Å²) in [7, 11) is 0. The van der Waals surface area contributed by atoms with Gasteiger partial charge in [-0.15, -0.1) is 0 Å². The Morgan fingerprint density at radius 3 is 2.80 bits per heavy atom. The van der Waals surface area contributed by atoms with E-state index in [2.05, 4.69) is 20.4 Å². The van der Waals surface area contributed by atoms with Crippen LogP contribution in [0.3, 0.4) is 0 Å². The molecule has 1 N–H and O–H groups in total. The SMILES string of the molecule is CCn1c(=O)n(-c2noc(C3CCN(C[C@H]4CCCN4)CC3)n2)c2cc(F)ccc21. The van der Waals surface area contributed by atoms with Gasteiger partial charge in [-0.25, -0.2) is 13.8 Å². The van der Waals surface area contributed by atoms with Crippen LogP contribution in [-0.2, 0) is 6.54 Å². The molecule has 2 saturated heterocycles. The average molecular weight is 414 g/mol. The molecule has 0 radical (unpaired) electrons. The van der Waals surface area contributed by atoms with Crippen LogP contribution < -0.4 is 11.0 Å². The van der Waals surface area contributed by atoms with Gasteiger partial charge in [0.2, 0.25) is 5.89 Å². The molecular formula is C21H27FN6O2. The first-order chi connectivity index (χ1) is 14.6. The largest absolute Gasteiger partial charge is 0.337 e.